The van der Waals surface area contributed by atoms with Crippen LogP contribution in [-0.4, -0.2) is 30.6 Å². The van der Waals surface area contributed by atoms with Gasteiger partial charge in [0.1, 0.15) is 5.01 Å². The van der Waals surface area contributed by atoms with Crippen LogP contribution in [0.1, 0.15) is 28.8 Å². The van der Waals surface area contributed by atoms with Crippen LogP contribution in [0, 0.1) is 0 Å². The molecular weight excluding hydrogens is 224 g/mol. The topological polar surface area (TPSA) is 51.2 Å². The van der Waals surface area contributed by atoms with E-state index in [4.69, 9.17) is 4.74 Å². The second-order valence-electron chi connectivity index (χ2n) is 3.44. The van der Waals surface area contributed by atoms with E-state index in [1.807, 2.05) is 0 Å². The van der Waals surface area contributed by atoms with E-state index >= 15 is 0 Å². The third-order valence-corrected chi connectivity index (χ3v) is 3.25. The number of carbonyl (C=O) groups excluding carboxylic acids is 1. The highest BCUT2D eigenvalue weighted by Gasteiger charge is 2.14. The molecule has 0 atom stereocenters. The van der Waals surface area contributed by atoms with Gasteiger partial charge < -0.3 is 10.1 Å². The van der Waals surface area contributed by atoms with E-state index in [1.54, 1.807) is 12.3 Å². The van der Waals surface area contributed by atoms with Gasteiger partial charge in [0, 0.05) is 11.9 Å². The van der Waals surface area contributed by atoms with Crippen molar-refractivity contribution in [1.29, 1.82) is 0 Å². The number of ether oxygens (including phenoxy) is 1. The minimum atomic E-state index is -0.334. The molecule has 0 aliphatic carbocycles. The van der Waals surface area contributed by atoms with Crippen LogP contribution in [0.25, 0.3) is 5.57 Å². The van der Waals surface area contributed by atoms with Crippen molar-refractivity contribution < 1.29 is 9.53 Å². The molecule has 0 bridgehead atoms. The first kappa shape index (κ1) is 11.3. The number of nitrogens with one attached hydrogen (secondary N) is 1. The molecule has 0 saturated heterocycles. The maximum atomic E-state index is 11.4. The molecule has 1 aliphatic rings. The number of aromatic nitrogens is 1. The third-order valence-electron chi connectivity index (χ3n) is 2.33. The maximum absolute atomic E-state index is 11.4. The van der Waals surface area contributed by atoms with E-state index in [0.29, 0.717) is 12.3 Å². The summed E-state index contributed by atoms with van der Waals surface area (Å²) >= 11 is 1.50. The lowest BCUT2D eigenvalue weighted by atomic mass is 10.1. The number of thiazole rings is 1. The molecule has 2 heterocycles. The molecule has 0 spiro atoms. The Morgan fingerprint density at radius 1 is 1.69 bits per heavy atom. The van der Waals surface area contributed by atoms with Gasteiger partial charge in [-0.15, -0.1) is 11.3 Å². The second kappa shape index (κ2) is 5.23. The van der Waals surface area contributed by atoms with Crippen molar-refractivity contribution in [3.63, 3.8) is 0 Å². The van der Waals surface area contributed by atoms with Gasteiger partial charge in [0.15, 0.2) is 5.69 Å². The zero-order chi connectivity index (χ0) is 11.4. The fourth-order valence-corrected chi connectivity index (χ4v) is 2.40. The molecule has 5 heteroatoms. The van der Waals surface area contributed by atoms with Gasteiger partial charge >= 0.3 is 5.97 Å². The van der Waals surface area contributed by atoms with Crippen LogP contribution in [0.5, 0.6) is 0 Å². The summed E-state index contributed by atoms with van der Waals surface area (Å²) in [5, 5.41) is 5.94. The summed E-state index contributed by atoms with van der Waals surface area (Å²) in [6.45, 7) is 4.03. The molecule has 0 amide bonds. The van der Waals surface area contributed by atoms with Crippen LogP contribution >= 0.6 is 11.3 Å². The highest BCUT2D eigenvalue weighted by atomic mass is 32.1. The average molecular weight is 238 g/mol. The Labute approximate surface area is 98.3 Å². The summed E-state index contributed by atoms with van der Waals surface area (Å²) in [6.07, 6.45) is 3.09. The first-order valence-corrected chi connectivity index (χ1v) is 6.22. The number of hydrogen-bond donors (Lipinski definition) is 1. The normalized spacial score (nSPS) is 15.7. The van der Waals surface area contributed by atoms with Gasteiger partial charge in [-0.25, -0.2) is 9.78 Å². The first-order chi connectivity index (χ1) is 7.81. The van der Waals surface area contributed by atoms with Gasteiger partial charge in [-0.2, -0.15) is 0 Å². The van der Waals surface area contributed by atoms with Gasteiger partial charge in [-0.05, 0) is 25.5 Å². The summed E-state index contributed by atoms with van der Waals surface area (Å²) in [7, 11) is 0. The van der Waals surface area contributed by atoms with Crippen molar-refractivity contribution in [1.82, 2.24) is 10.3 Å². The minimum Gasteiger partial charge on any atom is -0.461 e. The summed E-state index contributed by atoms with van der Waals surface area (Å²) in [5.74, 6) is -0.334. The van der Waals surface area contributed by atoms with Gasteiger partial charge in [-0.3, -0.25) is 0 Å². The summed E-state index contributed by atoms with van der Waals surface area (Å²) in [4.78, 5) is 15.7. The third kappa shape index (κ3) is 2.48. The molecule has 4 nitrogen and oxygen atoms in total. The lowest BCUT2D eigenvalue weighted by molar-refractivity contribution is 0.0520. The highest BCUT2D eigenvalue weighted by molar-refractivity contribution is 7.11. The Morgan fingerprint density at radius 3 is 3.25 bits per heavy atom. The van der Waals surface area contributed by atoms with E-state index in [9.17, 15) is 4.79 Å². The number of hydrogen-bond acceptors (Lipinski definition) is 5. The zero-order valence-electron chi connectivity index (χ0n) is 9.16. The Bertz CT molecular complexity index is 412. The van der Waals surface area contributed by atoms with Crippen molar-refractivity contribution in [3.05, 3.63) is 22.2 Å². The quantitative estimate of drug-likeness (QED) is 0.814. The molecule has 1 aromatic rings. The van der Waals surface area contributed by atoms with E-state index in [1.165, 1.54) is 16.9 Å². The van der Waals surface area contributed by atoms with Crippen molar-refractivity contribution >= 4 is 22.9 Å². The molecule has 1 N–H and O–H groups in total. The summed E-state index contributed by atoms with van der Waals surface area (Å²) < 4.78 is 4.90. The summed E-state index contributed by atoms with van der Waals surface area (Å²) in [6, 6.07) is 0. The lowest BCUT2D eigenvalue weighted by Gasteiger charge is -2.11. The van der Waals surface area contributed by atoms with E-state index in [0.717, 1.165) is 24.5 Å². The van der Waals surface area contributed by atoms with E-state index in [-0.39, 0.29) is 5.97 Å². The second-order valence-corrected chi connectivity index (χ2v) is 4.30. The fourth-order valence-electron chi connectivity index (χ4n) is 1.54. The molecular formula is C11H14N2O2S. The molecule has 86 valence electrons. The number of nitrogens with zero attached hydrogens (tertiary/aromatic N) is 1. The smallest absolute Gasteiger partial charge is 0.357 e. The fraction of sp³-hybridized carbons (Fsp3) is 0.455. The van der Waals surface area contributed by atoms with Crippen LogP contribution in [-0.2, 0) is 4.74 Å². The molecule has 1 aliphatic heterocycles. The van der Waals surface area contributed by atoms with Crippen LogP contribution in [0.2, 0.25) is 0 Å². The Kier molecular flexibility index (Phi) is 3.69. The SMILES string of the molecule is CCOC(=O)c1csc(C2=CCNCC2)n1. The first-order valence-electron chi connectivity index (χ1n) is 5.34. The molecule has 0 saturated carbocycles. The largest absolute Gasteiger partial charge is 0.461 e. The zero-order valence-corrected chi connectivity index (χ0v) is 9.97. The Balaban J connectivity index is 2.12. The number of rotatable bonds is 3. The van der Waals surface area contributed by atoms with Gasteiger partial charge in [0.25, 0.3) is 0 Å². The molecule has 2 rings (SSSR count). The van der Waals surface area contributed by atoms with Crippen LogP contribution in [0.15, 0.2) is 11.5 Å². The molecule has 16 heavy (non-hydrogen) atoms. The van der Waals surface area contributed by atoms with E-state index < -0.39 is 0 Å². The van der Waals surface area contributed by atoms with Crippen molar-refractivity contribution in [3.8, 4) is 0 Å². The number of esters is 1. The van der Waals surface area contributed by atoms with Crippen LogP contribution in [0.3, 0.4) is 0 Å². The molecule has 0 radical (unpaired) electrons. The average Bonchev–Trinajstić information content (AvgIpc) is 2.80. The predicted molar refractivity (Wildman–Crippen MR) is 63.5 cm³/mol. The monoisotopic (exact) mass is 238 g/mol. The molecule has 1 aromatic heterocycles. The molecule has 0 aromatic carbocycles. The van der Waals surface area contributed by atoms with Gasteiger partial charge in [0.05, 0.1) is 6.61 Å². The summed E-state index contributed by atoms with van der Waals surface area (Å²) in [5.41, 5.74) is 1.64. The van der Waals surface area contributed by atoms with Crippen molar-refractivity contribution in [2.45, 2.75) is 13.3 Å². The van der Waals surface area contributed by atoms with Gasteiger partial charge in [-0.1, -0.05) is 6.08 Å². The lowest BCUT2D eigenvalue weighted by Crippen LogP contribution is -2.20. The van der Waals surface area contributed by atoms with Crippen molar-refractivity contribution in [2.75, 3.05) is 19.7 Å². The minimum absolute atomic E-state index is 0.334. The van der Waals surface area contributed by atoms with Crippen LogP contribution in [0.4, 0.5) is 0 Å². The van der Waals surface area contributed by atoms with Crippen molar-refractivity contribution in [2.24, 2.45) is 0 Å². The van der Waals surface area contributed by atoms with E-state index in [2.05, 4.69) is 16.4 Å². The molecule has 0 unspecified atom stereocenters. The predicted octanol–water partition coefficient (Wildman–Crippen LogP) is 1.70. The Morgan fingerprint density at radius 2 is 2.56 bits per heavy atom. The van der Waals surface area contributed by atoms with Gasteiger partial charge in [0.2, 0.25) is 0 Å². The molecule has 0 fully saturated rings. The maximum Gasteiger partial charge on any atom is 0.357 e. The Hall–Kier alpha value is -1.20. The van der Waals surface area contributed by atoms with Crippen LogP contribution < -0.4 is 5.32 Å². The number of carbonyl (C=O) groups is 1. The standard InChI is InChI=1S/C11H14N2O2S/c1-2-15-11(14)9-7-16-10(13-9)8-3-5-12-6-4-8/h3,7,12H,2,4-6H2,1H3. The highest BCUT2D eigenvalue weighted by Crippen LogP contribution is 2.23.